The highest BCUT2D eigenvalue weighted by Crippen LogP contribution is 2.14. The first kappa shape index (κ1) is 11.9. The topological polar surface area (TPSA) is 52.6 Å². The fraction of sp³-hybridized carbons (Fsp3) is 0.462. The Morgan fingerprint density at radius 2 is 2.35 bits per heavy atom. The molecule has 1 atom stereocenters. The molecule has 0 bridgehead atoms. The van der Waals surface area contributed by atoms with Crippen LogP contribution in [-0.2, 0) is 0 Å². The van der Waals surface area contributed by atoms with Crippen molar-refractivity contribution in [3.63, 3.8) is 0 Å². The lowest BCUT2D eigenvalue weighted by Crippen LogP contribution is -2.44. The summed E-state index contributed by atoms with van der Waals surface area (Å²) in [6.07, 6.45) is 1.27. The molecule has 0 unspecified atom stereocenters. The predicted molar refractivity (Wildman–Crippen MR) is 67.0 cm³/mol. The van der Waals surface area contributed by atoms with Crippen molar-refractivity contribution < 1.29 is 9.90 Å². The maximum atomic E-state index is 11.9. The van der Waals surface area contributed by atoms with Crippen LogP contribution in [0.4, 0.5) is 10.5 Å². The van der Waals surface area contributed by atoms with Crippen molar-refractivity contribution in [3.8, 4) is 0 Å². The number of anilines is 1. The third-order valence-electron chi connectivity index (χ3n) is 2.95. The minimum absolute atomic E-state index is 0.130. The Kier molecular flexibility index (Phi) is 3.64. The molecule has 0 saturated carbocycles. The highest BCUT2D eigenvalue weighted by atomic mass is 16.3. The number of benzene rings is 1. The maximum absolute atomic E-state index is 11.9. The minimum Gasteiger partial charge on any atom is -0.391 e. The molecule has 0 aliphatic carbocycles. The summed E-state index contributed by atoms with van der Waals surface area (Å²) in [6.45, 7) is 3.13. The van der Waals surface area contributed by atoms with Gasteiger partial charge in [-0.15, -0.1) is 0 Å². The van der Waals surface area contributed by atoms with E-state index in [1.165, 1.54) is 0 Å². The van der Waals surface area contributed by atoms with Crippen molar-refractivity contribution in [1.82, 2.24) is 4.90 Å². The molecule has 2 amide bonds. The Morgan fingerprint density at radius 3 is 3.06 bits per heavy atom. The summed E-state index contributed by atoms with van der Waals surface area (Å²) < 4.78 is 0. The number of aryl methyl sites for hydroxylation is 1. The number of piperidine rings is 1. The van der Waals surface area contributed by atoms with Gasteiger partial charge in [-0.2, -0.15) is 0 Å². The van der Waals surface area contributed by atoms with E-state index in [2.05, 4.69) is 5.32 Å². The third-order valence-corrected chi connectivity index (χ3v) is 2.95. The second kappa shape index (κ2) is 5.19. The van der Waals surface area contributed by atoms with E-state index < -0.39 is 0 Å². The largest absolute Gasteiger partial charge is 0.391 e. The van der Waals surface area contributed by atoms with Crippen LogP contribution in [0.25, 0.3) is 0 Å². The summed E-state index contributed by atoms with van der Waals surface area (Å²) in [7, 11) is 0. The molecule has 4 nitrogen and oxygen atoms in total. The first-order valence-corrected chi connectivity index (χ1v) is 5.96. The van der Waals surface area contributed by atoms with Crippen LogP contribution >= 0.6 is 0 Å². The SMILES string of the molecule is Cc1cccc(NC(=O)N2CCC[C@H](O)C2)c1. The lowest BCUT2D eigenvalue weighted by Gasteiger charge is -2.30. The minimum atomic E-state index is -0.382. The molecule has 0 aromatic heterocycles. The number of rotatable bonds is 1. The van der Waals surface area contributed by atoms with Crippen molar-refractivity contribution in [3.05, 3.63) is 29.8 Å². The van der Waals surface area contributed by atoms with Gasteiger partial charge in [-0.25, -0.2) is 4.79 Å². The van der Waals surface area contributed by atoms with Crippen LogP contribution in [0, 0.1) is 6.92 Å². The number of urea groups is 1. The molecule has 1 aromatic rings. The lowest BCUT2D eigenvalue weighted by atomic mass is 10.1. The van der Waals surface area contributed by atoms with E-state index in [0.29, 0.717) is 13.1 Å². The van der Waals surface area contributed by atoms with E-state index in [1.807, 2.05) is 31.2 Å². The molecule has 1 fully saturated rings. The van der Waals surface area contributed by atoms with Gasteiger partial charge in [0.2, 0.25) is 0 Å². The Balaban J connectivity index is 1.96. The van der Waals surface area contributed by atoms with Crippen molar-refractivity contribution in [1.29, 1.82) is 0 Å². The molecule has 1 aliphatic heterocycles. The molecule has 1 aromatic carbocycles. The smallest absolute Gasteiger partial charge is 0.321 e. The van der Waals surface area contributed by atoms with Gasteiger partial charge in [0.05, 0.1) is 6.10 Å². The summed E-state index contributed by atoms with van der Waals surface area (Å²) in [5, 5.41) is 12.4. The molecule has 1 saturated heterocycles. The highest BCUT2D eigenvalue weighted by molar-refractivity contribution is 5.89. The van der Waals surface area contributed by atoms with E-state index in [1.54, 1.807) is 4.90 Å². The summed E-state index contributed by atoms with van der Waals surface area (Å²) in [5.74, 6) is 0. The van der Waals surface area contributed by atoms with Gasteiger partial charge in [0.15, 0.2) is 0 Å². The van der Waals surface area contributed by atoms with Gasteiger partial charge < -0.3 is 15.3 Å². The van der Waals surface area contributed by atoms with Crippen molar-refractivity contribution in [2.24, 2.45) is 0 Å². The number of β-amino-alcohol motifs (C(OH)–C–C–N with tert-alkyl or cyclic N) is 1. The zero-order valence-electron chi connectivity index (χ0n) is 10.0. The van der Waals surface area contributed by atoms with E-state index in [9.17, 15) is 9.90 Å². The fourth-order valence-corrected chi connectivity index (χ4v) is 2.06. The predicted octanol–water partition coefficient (Wildman–Crippen LogP) is 1.98. The first-order chi connectivity index (χ1) is 8.15. The number of aliphatic hydroxyl groups is 1. The van der Waals surface area contributed by atoms with Crippen LogP contribution in [0.3, 0.4) is 0 Å². The van der Waals surface area contributed by atoms with Crippen molar-refractivity contribution in [2.75, 3.05) is 18.4 Å². The second-order valence-corrected chi connectivity index (χ2v) is 4.54. The van der Waals surface area contributed by atoms with E-state index in [-0.39, 0.29) is 12.1 Å². The van der Waals surface area contributed by atoms with Crippen LogP contribution in [0.15, 0.2) is 24.3 Å². The zero-order chi connectivity index (χ0) is 12.3. The summed E-state index contributed by atoms with van der Waals surface area (Å²) in [5.41, 5.74) is 1.91. The van der Waals surface area contributed by atoms with Gasteiger partial charge in [0.25, 0.3) is 0 Å². The fourth-order valence-electron chi connectivity index (χ4n) is 2.06. The van der Waals surface area contributed by atoms with Gasteiger partial charge in [0, 0.05) is 18.8 Å². The lowest BCUT2D eigenvalue weighted by molar-refractivity contribution is 0.0883. The molecular weight excluding hydrogens is 216 g/mol. The van der Waals surface area contributed by atoms with Crippen LogP contribution in [0.2, 0.25) is 0 Å². The monoisotopic (exact) mass is 234 g/mol. The van der Waals surface area contributed by atoms with Crippen LogP contribution < -0.4 is 5.32 Å². The number of aliphatic hydroxyl groups excluding tert-OH is 1. The number of carbonyl (C=O) groups is 1. The maximum Gasteiger partial charge on any atom is 0.321 e. The number of hydrogen-bond donors (Lipinski definition) is 2. The molecule has 0 radical (unpaired) electrons. The summed E-state index contributed by atoms with van der Waals surface area (Å²) >= 11 is 0. The molecule has 92 valence electrons. The number of carbonyl (C=O) groups excluding carboxylic acids is 1. The first-order valence-electron chi connectivity index (χ1n) is 5.96. The number of nitrogens with zero attached hydrogens (tertiary/aromatic N) is 1. The molecule has 1 heterocycles. The number of hydrogen-bond acceptors (Lipinski definition) is 2. The number of nitrogens with one attached hydrogen (secondary N) is 1. The van der Waals surface area contributed by atoms with E-state index in [0.717, 1.165) is 24.1 Å². The van der Waals surface area contributed by atoms with E-state index >= 15 is 0 Å². The van der Waals surface area contributed by atoms with Gasteiger partial charge in [-0.3, -0.25) is 0 Å². The Hall–Kier alpha value is -1.55. The zero-order valence-corrected chi connectivity index (χ0v) is 10.0. The Labute approximate surface area is 101 Å². The Morgan fingerprint density at radius 1 is 1.53 bits per heavy atom. The quantitative estimate of drug-likeness (QED) is 0.780. The number of likely N-dealkylation sites (tertiary alicyclic amines) is 1. The molecule has 1 aliphatic rings. The normalized spacial score (nSPS) is 20.1. The van der Waals surface area contributed by atoms with Gasteiger partial charge in [0.1, 0.15) is 0 Å². The molecule has 2 N–H and O–H groups in total. The molecular formula is C13H18N2O2. The number of amides is 2. The molecule has 4 heteroatoms. The Bertz CT molecular complexity index is 406. The van der Waals surface area contributed by atoms with Gasteiger partial charge >= 0.3 is 6.03 Å². The average molecular weight is 234 g/mol. The van der Waals surface area contributed by atoms with Crippen LogP contribution in [0.1, 0.15) is 18.4 Å². The summed E-state index contributed by atoms with van der Waals surface area (Å²) in [4.78, 5) is 13.6. The van der Waals surface area contributed by atoms with Crippen LogP contribution in [0.5, 0.6) is 0 Å². The van der Waals surface area contributed by atoms with Gasteiger partial charge in [-0.1, -0.05) is 12.1 Å². The average Bonchev–Trinajstić information content (AvgIpc) is 2.29. The van der Waals surface area contributed by atoms with Crippen molar-refractivity contribution >= 4 is 11.7 Å². The van der Waals surface area contributed by atoms with Crippen LogP contribution in [-0.4, -0.2) is 35.2 Å². The molecule has 0 spiro atoms. The molecule has 17 heavy (non-hydrogen) atoms. The third kappa shape index (κ3) is 3.20. The van der Waals surface area contributed by atoms with Crippen molar-refractivity contribution in [2.45, 2.75) is 25.9 Å². The second-order valence-electron chi connectivity index (χ2n) is 4.54. The highest BCUT2D eigenvalue weighted by Gasteiger charge is 2.21. The van der Waals surface area contributed by atoms with E-state index in [4.69, 9.17) is 0 Å². The summed E-state index contributed by atoms with van der Waals surface area (Å²) in [6, 6.07) is 7.56. The molecule has 2 rings (SSSR count). The standard InChI is InChI=1S/C13H18N2O2/c1-10-4-2-5-11(8-10)14-13(17)15-7-3-6-12(16)9-15/h2,4-5,8,12,16H,3,6-7,9H2,1H3,(H,14,17)/t12-/m0/s1. The van der Waals surface area contributed by atoms with Gasteiger partial charge in [-0.05, 0) is 37.5 Å².